The first-order valence-electron chi connectivity index (χ1n) is 5.78. The van der Waals surface area contributed by atoms with Gasteiger partial charge in [-0.25, -0.2) is 0 Å². The zero-order chi connectivity index (χ0) is 12.5. The van der Waals surface area contributed by atoms with Crippen LogP contribution in [0.2, 0.25) is 0 Å². The summed E-state index contributed by atoms with van der Waals surface area (Å²) in [6, 6.07) is 9.46. The quantitative estimate of drug-likeness (QED) is 0.695. The lowest BCUT2D eigenvalue weighted by Crippen LogP contribution is -2.00. The van der Waals surface area contributed by atoms with E-state index >= 15 is 0 Å². The summed E-state index contributed by atoms with van der Waals surface area (Å²) in [5.74, 6) is 0.0225. The number of rotatable bonds is 2. The maximum absolute atomic E-state index is 12.4. The summed E-state index contributed by atoms with van der Waals surface area (Å²) in [5, 5.41) is 0.864. The van der Waals surface area contributed by atoms with Gasteiger partial charge in [0.25, 0.3) is 0 Å². The first-order chi connectivity index (χ1) is 8.75. The molecule has 0 radical (unpaired) electrons. The molecule has 3 rings (SSSR count). The van der Waals surface area contributed by atoms with E-state index in [-0.39, 0.29) is 5.78 Å². The fraction of sp³-hybridized carbons (Fsp3) is 0.0667. The lowest BCUT2D eigenvalue weighted by molar-refractivity contribution is 0.104. The van der Waals surface area contributed by atoms with E-state index in [2.05, 4.69) is 9.97 Å². The van der Waals surface area contributed by atoms with Crippen molar-refractivity contribution in [2.45, 2.75) is 6.92 Å². The van der Waals surface area contributed by atoms with Crippen molar-refractivity contribution in [2.24, 2.45) is 0 Å². The van der Waals surface area contributed by atoms with E-state index in [1.807, 2.05) is 37.3 Å². The highest BCUT2D eigenvalue weighted by atomic mass is 16.1. The van der Waals surface area contributed by atoms with Crippen LogP contribution in [0.15, 0.2) is 48.9 Å². The molecule has 0 fully saturated rings. The third kappa shape index (κ3) is 1.70. The Hall–Kier alpha value is -2.42. The van der Waals surface area contributed by atoms with Crippen molar-refractivity contribution in [1.82, 2.24) is 9.97 Å². The molecular formula is C15H12N2O. The second-order valence-electron chi connectivity index (χ2n) is 4.32. The average Bonchev–Trinajstić information content (AvgIpc) is 2.82. The number of pyridine rings is 1. The van der Waals surface area contributed by atoms with Gasteiger partial charge in [-0.15, -0.1) is 0 Å². The van der Waals surface area contributed by atoms with Gasteiger partial charge in [0.1, 0.15) is 0 Å². The van der Waals surface area contributed by atoms with Gasteiger partial charge in [-0.2, -0.15) is 0 Å². The van der Waals surface area contributed by atoms with Crippen molar-refractivity contribution in [3.05, 3.63) is 65.6 Å². The molecule has 0 unspecified atom stereocenters. The van der Waals surface area contributed by atoms with Crippen LogP contribution in [0.1, 0.15) is 21.5 Å². The van der Waals surface area contributed by atoms with E-state index in [1.165, 1.54) is 0 Å². The average molecular weight is 236 g/mol. The Balaban J connectivity index is 2.09. The highest BCUT2D eigenvalue weighted by molar-refractivity contribution is 6.16. The van der Waals surface area contributed by atoms with Gasteiger partial charge in [0, 0.05) is 40.6 Å². The number of fused-ring (bicyclic) bond motifs is 1. The second-order valence-corrected chi connectivity index (χ2v) is 4.32. The summed E-state index contributed by atoms with van der Waals surface area (Å²) in [5.41, 5.74) is 3.44. The molecule has 0 aliphatic carbocycles. The van der Waals surface area contributed by atoms with Crippen LogP contribution in [0.4, 0.5) is 0 Å². The lowest BCUT2D eigenvalue weighted by atomic mass is 10.0. The summed E-state index contributed by atoms with van der Waals surface area (Å²) in [6.45, 7) is 2.00. The summed E-state index contributed by atoms with van der Waals surface area (Å²) in [7, 11) is 0. The van der Waals surface area contributed by atoms with Gasteiger partial charge in [0.05, 0.1) is 0 Å². The predicted octanol–water partition coefficient (Wildman–Crippen LogP) is 3.10. The number of carbonyl (C=O) groups excluding carboxylic acids is 1. The number of hydrogen-bond acceptors (Lipinski definition) is 2. The van der Waals surface area contributed by atoms with Crippen molar-refractivity contribution in [3.63, 3.8) is 0 Å². The van der Waals surface area contributed by atoms with Gasteiger partial charge in [0.15, 0.2) is 5.78 Å². The minimum absolute atomic E-state index is 0.0225. The number of ketones is 1. The molecule has 0 saturated carbocycles. The van der Waals surface area contributed by atoms with Crippen LogP contribution in [-0.2, 0) is 0 Å². The van der Waals surface area contributed by atoms with Crippen LogP contribution in [0.5, 0.6) is 0 Å². The van der Waals surface area contributed by atoms with Gasteiger partial charge in [0.2, 0.25) is 0 Å². The molecule has 0 aliphatic rings. The SMILES string of the molecule is Cc1ccc(C(=O)c2c[nH]c3ccncc23)cc1. The van der Waals surface area contributed by atoms with Crippen molar-refractivity contribution in [1.29, 1.82) is 0 Å². The van der Waals surface area contributed by atoms with E-state index in [9.17, 15) is 4.79 Å². The molecule has 1 N–H and O–H groups in total. The van der Waals surface area contributed by atoms with Gasteiger partial charge in [-0.3, -0.25) is 9.78 Å². The zero-order valence-electron chi connectivity index (χ0n) is 9.97. The summed E-state index contributed by atoms with van der Waals surface area (Å²) in [6.07, 6.45) is 5.17. The van der Waals surface area contributed by atoms with Gasteiger partial charge in [-0.05, 0) is 13.0 Å². The molecule has 0 amide bonds. The normalized spacial score (nSPS) is 10.7. The molecule has 1 aromatic carbocycles. The number of nitrogens with one attached hydrogen (secondary N) is 1. The number of nitrogens with zero attached hydrogens (tertiary/aromatic N) is 1. The third-order valence-corrected chi connectivity index (χ3v) is 3.04. The topological polar surface area (TPSA) is 45.8 Å². The molecule has 3 aromatic rings. The Kier molecular flexibility index (Phi) is 2.45. The molecule has 2 aromatic heterocycles. The van der Waals surface area contributed by atoms with Crippen LogP contribution in [-0.4, -0.2) is 15.8 Å². The molecule has 88 valence electrons. The minimum Gasteiger partial charge on any atom is -0.360 e. The highest BCUT2D eigenvalue weighted by Gasteiger charge is 2.13. The monoisotopic (exact) mass is 236 g/mol. The zero-order valence-corrected chi connectivity index (χ0v) is 9.97. The number of aromatic amines is 1. The largest absolute Gasteiger partial charge is 0.360 e. The van der Waals surface area contributed by atoms with Crippen LogP contribution in [0, 0.1) is 6.92 Å². The predicted molar refractivity (Wildman–Crippen MR) is 70.7 cm³/mol. The van der Waals surface area contributed by atoms with E-state index < -0.39 is 0 Å². The van der Waals surface area contributed by atoms with Gasteiger partial charge in [-0.1, -0.05) is 29.8 Å². The van der Waals surface area contributed by atoms with E-state index in [4.69, 9.17) is 0 Å². The van der Waals surface area contributed by atoms with Crippen molar-refractivity contribution in [3.8, 4) is 0 Å². The Morgan fingerprint density at radius 1 is 1.17 bits per heavy atom. The number of aromatic nitrogens is 2. The molecule has 2 heterocycles. The first-order valence-corrected chi connectivity index (χ1v) is 5.78. The third-order valence-electron chi connectivity index (χ3n) is 3.04. The van der Waals surface area contributed by atoms with E-state index in [0.717, 1.165) is 16.5 Å². The van der Waals surface area contributed by atoms with Gasteiger partial charge < -0.3 is 4.98 Å². The Morgan fingerprint density at radius 2 is 1.94 bits per heavy atom. The Bertz CT molecular complexity index is 711. The minimum atomic E-state index is 0.0225. The molecular weight excluding hydrogens is 224 g/mol. The molecule has 18 heavy (non-hydrogen) atoms. The molecule has 3 heteroatoms. The molecule has 0 saturated heterocycles. The number of hydrogen-bond donors (Lipinski definition) is 1. The molecule has 0 atom stereocenters. The summed E-state index contributed by atoms with van der Waals surface area (Å²) < 4.78 is 0. The smallest absolute Gasteiger partial charge is 0.195 e. The number of carbonyl (C=O) groups is 1. The van der Waals surface area contributed by atoms with E-state index in [0.29, 0.717) is 11.1 Å². The standard InChI is InChI=1S/C15H12N2O/c1-10-2-4-11(5-3-10)15(18)13-9-17-14-6-7-16-8-12(13)14/h2-9,17H,1H3. The van der Waals surface area contributed by atoms with Gasteiger partial charge >= 0.3 is 0 Å². The number of aryl methyl sites for hydroxylation is 1. The highest BCUT2D eigenvalue weighted by Crippen LogP contribution is 2.20. The van der Waals surface area contributed by atoms with Crippen LogP contribution < -0.4 is 0 Å². The van der Waals surface area contributed by atoms with Crippen LogP contribution in [0.3, 0.4) is 0 Å². The fourth-order valence-electron chi connectivity index (χ4n) is 2.01. The van der Waals surface area contributed by atoms with Crippen LogP contribution in [0.25, 0.3) is 10.9 Å². The number of H-pyrrole nitrogens is 1. The van der Waals surface area contributed by atoms with Crippen LogP contribution >= 0.6 is 0 Å². The van der Waals surface area contributed by atoms with Crippen molar-refractivity contribution >= 4 is 16.7 Å². The van der Waals surface area contributed by atoms with Crippen molar-refractivity contribution < 1.29 is 4.79 Å². The van der Waals surface area contributed by atoms with Crippen molar-refractivity contribution in [2.75, 3.05) is 0 Å². The summed E-state index contributed by atoms with van der Waals surface area (Å²) in [4.78, 5) is 19.5. The maximum Gasteiger partial charge on any atom is 0.195 e. The maximum atomic E-state index is 12.4. The molecule has 0 bridgehead atoms. The summed E-state index contributed by atoms with van der Waals surface area (Å²) >= 11 is 0. The fourth-order valence-corrected chi connectivity index (χ4v) is 2.01. The first kappa shape index (κ1) is 10.7. The Morgan fingerprint density at radius 3 is 2.72 bits per heavy atom. The molecule has 0 aliphatic heterocycles. The lowest BCUT2D eigenvalue weighted by Gasteiger charge is -2.00. The number of benzene rings is 1. The second kappa shape index (κ2) is 4.11. The Labute approximate surface area is 104 Å². The molecule has 0 spiro atoms. The van der Waals surface area contributed by atoms with E-state index in [1.54, 1.807) is 18.6 Å². The molecule has 3 nitrogen and oxygen atoms in total.